The van der Waals surface area contributed by atoms with Gasteiger partial charge in [0.2, 0.25) is 5.91 Å². The molecule has 0 aromatic heterocycles. The van der Waals surface area contributed by atoms with Gasteiger partial charge in [-0.1, -0.05) is 20.8 Å². The molecule has 1 fully saturated rings. The number of likely N-dealkylation sites (tertiary alicyclic amines) is 1. The van der Waals surface area contributed by atoms with Gasteiger partial charge in [-0.15, -0.1) is 0 Å². The van der Waals surface area contributed by atoms with Crippen molar-refractivity contribution in [2.24, 2.45) is 5.92 Å². The minimum Gasteiger partial charge on any atom is -0.333 e. The van der Waals surface area contributed by atoms with Crippen LogP contribution in [0.3, 0.4) is 0 Å². The smallest absolute Gasteiger partial charge is 0.267 e. The molecule has 0 aliphatic carbocycles. The predicted molar refractivity (Wildman–Crippen MR) is 54.8 cm³/mol. The molecule has 1 aliphatic heterocycles. The van der Waals surface area contributed by atoms with E-state index in [9.17, 15) is 13.6 Å². The van der Waals surface area contributed by atoms with E-state index in [1.165, 1.54) is 4.90 Å². The Bertz CT molecular complexity index is 241. The number of rotatable bonds is 3. The average molecular weight is 219 g/mol. The number of amides is 1. The van der Waals surface area contributed by atoms with Crippen LogP contribution in [0, 0.1) is 5.92 Å². The van der Waals surface area contributed by atoms with E-state index in [0.29, 0.717) is 18.8 Å². The lowest BCUT2D eigenvalue weighted by Crippen LogP contribution is -2.36. The molecule has 0 radical (unpaired) electrons. The Morgan fingerprint density at radius 3 is 2.60 bits per heavy atom. The van der Waals surface area contributed by atoms with E-state index in [4.69, 9.17) is 0 Å². The van der Waals surface area contributed by atoms with Crippen LogP contribution in [-0.4, -0.2) is 29.3 Å². The molecule has 1 rings (SSSR count). The average Bonchev–Trinajstić information content (AvgIpc) is 2.38. The van der Waals surface area contributed by atoms with Crippen LogP contribution in [-0.2, 0) is 4.79 Å². The molecule has 1 aliphatic rings. The summed E-state index contributed by atoms with van der Waals surface area (Å²) in [7, 11) is 0. The predicted octanol–water partition coefficient (Wildman–Crippen LogP) is 2.68. The maximum atomic E-state index is 13.2. The molecule has 0 aromatic carbocycles. The highest BCUT2D eigenvalue weighted by molar-refractivity contribution is 5.76. The largest absolute Gasteiger partial charge is 0.333 e. The normalized spacial score (nSPS) is 24.9. The number of halogens is 2. The molecule has 2 nitrogen and oxygen atoms in total. The fourth-order valence-corrected chi connectivity index (χ4v) is 2.15. The summed E-state index contributed by atoms with van der Waals surface area (Å²) in [5.74, 6) is -2.50. The van der Waals surface area contributed by atoms with Crippen molar-refractivity contribution in [1.29, 1.82) is 0 Å². The zero-order valence-electron chi connectivity index (χ0n) is 9.59. The summed E-state index contributed by atoms with van der Waals surface area (Å²) in [4.78, 5) is 12.8. The molecule has 15 heavy (non-hydrogen) atoms. The summed E-state index contributed by atoms with van der Waals surface area (Å²) in [5.41, 5.74) is 0. The lowest BCUT2D eigenvalue weighted by Gasteiger charge is -2.24. The van der Waals surface area contributed by atoms with E-state index in [1.807, 2.05) is 13.8 Å². The highest BCUT2D eigenvalue weighted by atomic mass is 19.3. The first-order chi connectivity index (χ1) is 6.85. The summed E-state index contributed by atoms with van der Waals surface area (Å²) in [5, 5.41) is 0. The zero-order chi connectivity index (χ0) is 11.6. The number of alkyl halides is 2. The number of hydrogen-bond acceptors (Lipinski definition) is 1. The molecule has 88 valence electrons. The number of carbonyl (C=O) groups excluding carboxylic acids is 1. The number of carbonyl (C=O) groups is 1. The van der Waals surface area contributed by atoms with Crippen LogP contribution in [0.5, 0.6) is 0 Å². The first-order valence-corrected chi connectivity index (χ1v) is 5.53. The van der Waals surface area contributed by atoms with E-state index in [-0.39, 0.29) is 18.4 Å². The SMILES string of the molecule is CCC(=O)N1CC(F)(F)CC1CC(C)C. The van der Waals surface area contributed by atoms with Crippen LogP contribution in [0.15, 0.2) is 0 Å². The van der Waals surface area contributed by atoms with Gasteiger partial charge in [-0.3, -0.25) is 4.79 Å². The Morgan fingerprint density at radius 2 is 2.13 bits per heavy atom. The van der Waals surface area contributed by atoms with Crippen LogP contribution < -0.4 is 0 Å². The van der Waals surface area contributed by atoms with Crippen molar-refractivity contribution in [3.8, 4) is 0 Å². The fourth-order valence-electron chi connectivity index (χ4n) is 2.15. The molecule has 1 atom stereocenters. The Kier molecular flexibility index (Phi) is 3.68. The second-order valence-electron chi connectivity index (χ2n) is 4.72. The molecule has 1 amide bonds. The first kappa shape index (κ1) is 12.4. The van der Waals surface area contributed by atoms with Gasteiger partial charge in [0, 0.05) is 18.9 Å². The number of nitrogens with zero attached hydrogens (tertiary/aromatic N) is 1. The van der Waals surface area contributed by atoms with Crippen LogP contribution in [0.1, 0.15) is 40.0 Å². The quantitative estimate of drug-likeness (QED) is 0.714. The second kappa shape index (κ2) is 4.45. The Hall–Kier alpha value is -0.670. The van der Waals surface area contributed by atoms with Crippen molar-refractivity contribution in [3.05, 3.63) is 0 Å². The van der Waals surface area contributed by atoms with Crippen molar-refractivity contribution in [1.82, 2.24) is 4.90 Å². The van der Waals surface area contributed by atoms with Crippen LogP contribution in [0.4, 0.5) is 8.78 Å². The molecule has 4 heteroatoms. The van der Waals surface area contributed by atoms with Gasteiger partial charge in [0.05, 0.1) is 6.54 Å². The molecule has 0 bridgehead atoms. The molecule has 0 spiro atoms. The molecule has 0 saturated carbocycles. The molecular weight excluding hydrogens is 200 g/mol. The lowest BCUT2D eigenvalue weighted by atomic mass is 10.0. The van der Waals surface area contributed by atoms with Crippen LogP contribution >= 0.6 is 0 Å². The summed E-state index contributed by atoms with van der Waals surface area (Å²) in [6, 6.07) is -0.271. The van der Waals surface area contributed by atoms with E-state index in [2.05, 4.69) is 0 Å². The van der Waals surface area contributed by atoms with Gasteiger partial charge < -0.3 is 4.90 Å². The molecule has 0 aromatic rings. The van der Waals surface area contributed by atoms with E-state index in [1.54, 1.807) is 6.92 Å². The molecule has 1 heterocycles. The van der Waals surface area contributed by atoms with E-state index >= 15 is 0 Å². The van der Waals surface area contributed by atoms with Gasteiger partial charge >= 0.3 is 0 Å². The monoisotopic (exact) mass is 219 g/mol. The Balaban J connectivity index is 2.70. The highest BCUT2D eigenvalue weighted by Gasteiger charge is 2.46. The maximum absolute atomic E-state index is 13.2. The van der Waals surface area contributed by atoms with Gasteiger partial charge in [-0.2, -0.15) is 0 Å². The minimum absolute atomic E-state index is 0.155. The Morgan fingerprint density at radius 1 is 1.53 bits per heavy atom. The standard InChI is InChI=1S/C11H19F2NO/c1-4-10(15)14-7-11(12,13)6-9(14)5-8(2)3/h8-9H,4-7H2,1-3H3. The van der Waals surface area contributed by atoms with Crippen molar-refractivity contribution in [2.45, 2.75) is 52.0 Å². The lowest BCUT2D eigenvalue weighted by molar-refractivity contribution is -0.133. The minimum atomic E-state index is -2.69. The molecular formula is C11H19F2NO. The van der Waals surface area contributed by atoms with Gasteiger partial charge in [-0.05, 0) is 12.3 Å². The van der Waals surface area contributed by atoms with Crippen LogP contribution in [0.25, 0.3) is 0 Å². The van der Waals surface area contributed by atoms with Gasteiger partial charge in [0.1, 0.15) is 0 Å². The Labute approximate surface area is 89.6 Å². The van der Waals surface area contributed by atoms with Crippen molar-refractivity contribution >= 4 is 5.91 Å². The summed E-state index contributed by atoms with van der Waals surface area (Å²) >= 11 is 0. The molecule has 1 unspecified atom stereocenters. The van der Waals surface area contributed by atoms with Gasteiger partial charge in [-0.25, -0.2) is 8.78 Å². The second-order valence-corrected chi connectivity index (χ2v) is 4.72. The summed E-state index contributed by atoms with van der Waals surface area (Å²) in [6.45, 7) is 5.30. The van der Waals surface area contributed by atoms with Crippen molar-refractivity contribution in [2.75, 3.05) is 6.54 Å². The topological polar surface area (TPSA) is 20.3 Å². The third kappa shape index (κ3) is 3.14. The maximum Gasteiger partial charge on any atom is 0.267 e. The number of hydrogen-bond donors (Lipinski definition) is 0. The fraction of sp³-hybridized carbons (Fsp3) is 0.909. The summed E-state index contributed by atoms with van der Waals surface area (Å²) < 4.78 is 26.4. The zero-order valence-corrected chi connectivity index (χ0v) is 9.59. The van der Waals surface area contributed by atoms with Crippen molar-refractivity contribution < 1.29 is 13.6 Å². The van der Waals surface area contributed by atoms with Gasteiger partial charge in [0.25, 0.3) is 5.92 Å². The molecule has 1 saturated heterocycles. The van der Waals surface area contributed by atoms with E-state index < -0.39 is 12.5 Å². The van der Waals surface area contributed by atoms with Gasteiger partial charge in [0.15, 0.2) is 0 Å². The van der Waals surface area contributed by atoms with E-state index in [0.717, 1.165) is 0 Å². The molecule has 0 N–H and O–H groups in total. The van der Waals surface area contributed by atoms with Crippen LogP contribution in [0.2, 0.25) is 0 Å². The third-order valence-electron chi connectivity index (χ3n) is 2.74. The highest BCUT2D eigenvalue weighted by Crippen LogP contribution is 2.35. The van der Waals surface area contributed by atoms with Crippen molar-refractivity contribution in [3.63, 3.8) is 0 Å². The first-order valence-electron chi connectivity index (χ1n) is 5.53. The third-order valence-corrected chi connectivity index (χ3v) is 2.74. The summed E-state index contributed by atoms with van der Waals surface area (Å²) in [6.07, 6.45) is 0.808.